The van der Waals surface area contributed by atoms with Crippen LogP contribution in [0.15, 0.2) is 24.3 Å². The van der Waals surface area contributed by atoms with Gasteiger partial charge in [0.05, 0.1) is 0 Å². The molecule has 2 amide bonds. The molecule has 1 rings (SSSR count). The predicted octanol–water partition coefficient (Wildman–Crippen LogP) is 2.73. The second-order valence-electron chi connectivity index (χ2n) is 5.71. The van der Waals surface area contributed by atoms with Gasteiger partial charge in [-0.05, 0) is 31.0 Å². The minimum Gasteiger partial charge on any atom is -0.354 e. The first-order valence-electron chi connectivity index (χ1n) is 7.69. The molecule has 1 atom stereocenters. The highest BCUT2D eigenvalue weighted by Crippen LogP contribution is 2.13. The van der Waals surface area contributed by atoms with Crippen molar-refractivity contribution in [3.8, 4) is 0 Å². The van der Waals surface area contributed by atoms with Crippen LogP contribution in [0.3, 0.4) is 0 Å². The zero-order valence-electron chi connectivity index (χ0n) is 13.7. The molecule has 0 radical (unpaired) electrons. The summed E-state index contributed by atoms with van der Waals surface area (Å²) in [6.07, 6.45) is 0.842. The van der Waals surface area contributed by atoms with E-state index in [1.54, 1.807) is 37.8 Å². The van der Waals surface area contributed by atoms with Gasteiger partial charge in [-0.25, -0.2) is 4.39 Å². The summed E-state index contributed by atoms with van der Waals surface area (Å²) < 4.78 is 13.0. The van der Waals surface area contributed by atoms with Crippen molar-refractivity contribution in [3.05, 3.63) is 35.6 Å². The van der Waals surface area contributed by atoms with Crippen molar-refractivity contribution >= 4 is 11.8 Å². The van der Waals surface area contributed by atoms with Gasteiger partial charge >= 0.3 is 0 Å². The van der Waals surface area contributed by atoms with Gasteiger partial charge in [-0.1, -0.05) is 32.9 Å². The third kappa shape index (κ3) is 5.13. The average molecular weight is 308 g/mol. The maximum absolute atomic E-state index is 13.0. The zero-order valence-corrected chi connectivity index (χ0v) is 13.7. The molecule has 1 aromatic rings. The highest BCUT2D eigenvalue weighted by molar-refractivity contribution is 5.88. The number of amides is 2. The zero-order chi connectivity index (χ0) is 16.7. The molecule has 0 unspecified atom stereocenters. The number of nitrogens with one attached hydrogen (secondary N) is 1. The maximum Gasteiger partial charge on any atom is 0.242 e. The van der Waals surface area contributed by atoms with E-state index in [-0.39, 0.29) is 30.1 Å². The van der Waals surface area contributed by atoms with Crippen LogP contribution in [-0.2, 0) is 16.1 Å². The lowest BCUT2D eigenvalue weighted by molar-refractivity contribution is -0.143. The van der Waals surface area contributed by atoms with Gasteiger partial charge in [-0.2, -0.15) is 0 Å². The van der Waals surface area contributed by atoms with Crippen LogP contribution in [0.4, 0.5) is 4.39 Å². The normalized spacial score (nSPS) is 12.1. The van der Waals surface area contributed by atoms with Gasteiger partial charge in [0.25, 0.3) is 0 Å². The number of hydrogen-bond donors (Lipinski definition) is 1. The van der Waals surface area contributed by atoms with E-state index >= 15 is 0 Å². The maximum atomic E-state index is 13.0. The second kappa shape index (κ2) is 8.51. The molecule has 22 heavy (non-hydrogen) atoms. The molecule has 122 valence electrons. The van der Waals surface area contributed by atoms with Crippen LogP contribution in [0, 0.1) is 11.7 Å². The number of carbonyl (C=O) groups excluding carboxylic acids is 2. The fourth-order valence-corrected chi connectivity index (χ4v) is 2.06. The molecule has 5 heteroatoms. The molecule has 0 fully saturated rings. The molecule has 0 heterocycles. The Morgan fingerprint density at radius 1 is 1.18 bits per heavy atom. The minimum atomic E-state index is -0.563. The summed E-state index contributed by atoms with van der Waals surface area (Å²) in [4.78, 5) is 26.1. The Morgan fingerprint density at radius 3 is 2.27 bits per heavy atom. The van der Waals surface area contributed by atoms with Crippen LogP contribution in [0.1, 0.15) is 39.7 Å². The number of benzene rings is 1. The number of halogens is 1. The Labute approximate surface area is 131 Å². The highest BCUT2D eigenvalue weighted by Gasteiger charge is 2.27. The molecule has 0 spiro atoms. The van der Waals surface area contributed by atoms with Gasteiger partial charge in [-0.15, -0.1) is 0 Å². The molecular formula is C17H25FN2O2. The smallest absolute Gasteiger partial charge is 0.242 e. The lowest BCUT2D eigenvalue weighted by Gasteiger charge is -2.30. The van der Waals surface area contributed by atoms with Crippen molar-refractivity contribution in [3.63, 3.8) is 0 Å². The fourth-order valence-electron chi connectivity index (χ4n) is 2.06. The molecular weight excluding hydrogens is 283 g/mol. The van der Waals surface area contributed by atoms with Crippen molar-refractivity contribution in [1.29, 1.82) is 0 Å². The molecule has 1 N–H and O–H groups in total. The van der Waals surface area contributed by atoms with E-state index in [2.05, 4.69) is 5.32 Å². The highest BCUT2D eigenvalue weighted by atomic mass is 19.1. The van der Waals surface area contributed by atoms with E-state index in [4.69, 9.17) is 0 Å². The quantitative estimate of drug-likeness (QED) is 0.842. The van der Waals surface area contributed by atoms with Gasteiger partial charge in [0.2, 0.25) is 11.8 Å². The van der Waals surface area contributed by atoms with Crippen LogP contribution in [0.2, 0.25) is 0 Å². The van der Waals surface area contributed by atoms with Gasteiger partial charge in [-0.3, -0.25) is 9.59 Å². The lowest BCUT2D eigenvalue weighted by Crippen LogP contribution is -2.49. The number of carbonyl (C=O) groups is 2. The van der Waals surface area contributed by atoms with Gasteiger partial charge < -0.3 is 10.2 Å². The summed E-state index contributed by atoms with van der Waals surface area (Å²) in [5.74, 6) is -0.789. The third-order valence-corrected chi connectivity index (χ3v) is 3.44. The summed E-state index contributed by atoms with van der Waals surface area (Å²) in [6, 6.07) is 5.41. The van der Waals surface area contributed by atoms with Crippen molar-refractivity contribution in [1.82, 2.24) is 10.2 Å². The fraction of sp³-hybridized carbons (Fsp3) is 0.529. The number of nitrogens with zero attached hydrogens (tertiary/aromatic N) is 1. The first kappa shape index (κ1) is 18.1. The molecule has 0 aliphatic heterocycles. The van der Waals surface area contributed by atoms with Crippen LogP contribution in [0.25, 0.3) is 0 Å². The van der Waals surface area contributed by atoms with Crippen LogP contribution in [-0.4, -0.2) is 29.3 Å². The van der Waals surface area contributed by atoms with Gasteiger partial charge in [0.1, 0.15) is 11.9 Å². The Kier molecular flexibility index (Phi) is 7.02. The van der Waals surface area contributed by atoms with Crippen molar-refractivity contribution in [2.75, 3.05) is 6.54 Å². The Morgan fingerprint density at radius 2 is 1.77 bits per heavy atom. The Balaban J connectivity index is 2.90. The first-order chi connectivity index (χ1) is 10.4. The van der Waals surface area contributed by atoms with Crippen molar-refractivity contribution in [2.45, 2.75) is 46.7 Å². The number of hydrogen-bond acceptors (Lipinski definition) is 2. The summed E-state index contributed by atoms with van der Waals surface area (Å²) in [7, 11) is 0. The molecule has 1 aromatic carbocycles. The van der Waals surface area contributed by atoms with E-state index in [1.807, 2.05) is 6.92 Å². The molecule has 4 nitrogen and oxygen atoms in total. The monoisotopic (exact) mass is 308 g/mol. The van der Waals surface area contributed by atoms with E-state index in [1.165, 1.54) is 12.1 Å². The van der Waals surface area contributed by atoms with Crippen LogP contribution >= 0.6 is 0 Å². The lowest BCUT2D eigenvalue weighted by atomic mass is 10.1. The van der Waals surface area contributed by atoms with Crippen LogP contribution < -0.4 is 5.32 Å². The largest absolute Gasteiger partial charge is 0.354 e. The molecule has 0 saturated heterocycles. The molecule has 0 aromatic heterocycles. The summed E-state index contributed by atoms with van der Waals surface area (Å²) in [5.41, 5.74) is 0.797. The van der Waals surface area contributed by atoms with Crippen molar-refractivity contribution in [2.24, 2.45) is 5.92 Å². The van der Waals surface area contributed by atoms with Gasteiger partial charge in [0.15, 0.2) is 0 Å². The third-order valence-electron chi connectivity index (χ3n) is 3.44. The molecule has 0 aliphatic carbocycles. The van der Waals surface area contributed by atoms with E-state index in [0.29, 0.717) is 6.54 Å². The van der Waals surface area contributed by atoms with E-state index < -0.39 is 6.04 Å². The molecule has 0 aliphatic rings. The topological polar surface area (TPSA) is 49.4 Å². The van der Waals surface area contributed by atoms with E-state index in [9.17, 15) is 14.0 Å². The number of rotatable bonds is 7. The van der Waals surface area contributed by atoms with E-state index in [0.717, 1.165) is 12.0 Å². The summed E-state index contributed by atoms with van der Waals surface area (Å²) in [6.45, 7) is 8.17. The SMILES string of the molecule is CCCNC(=O)[C@H](C)N(Cc1ccc(F)cc1)C(=O)C(C)C. The Bertz CT molecular complexity index is 500. The van der Waals surface area contributed by atoms with Crippen molar-refractivity contribution < 1.29 is 14.0 Å². The first-order valence-corrected chi connectivity index (χ1v) is 7.69. The Hall–Kier alpha value is -1.91. The molecule has 0 bridgehead atoms. The summed E-state index contributed by atoms with van der Waals surface area (Å²) >= 11 is 0. The van der Waals surface area contributed by atoms with Crippen LogP contribution in [0.5, 0.6) is 0 Å². The van der Waals surface area contributed by atoms with Gasteiger partial charge in [0, 0.05) is 19.0 Å². The average Bonchev–Trinajstić information content (AvgIpc) is 2.50. The summed E-state index contributed by atoms with van der Waals surface area (Å²) in [5, 5.41) is 2.81. The molecule has 0 saturated carbocycles. The predicted molar refractivity (Wildman–Crippen MR) is 84.6 cm³/mol. The minimum absolute atomic E-state index is 0.0940. The second-order valence-corrected chi connectivity index (χ2v) is 5.71. The standard InChI is InChI=1S/C17H25FN2O2/c1-5-10-19-16(21)13(4)20(17(22)12(2)3)11-14-6-8-15(18)9-7-14/h6-9,12-13H,5,10-11H2,1-4H3,(H,19,21)/t13-/m0/s1.